The van der Waals surface area contributed by atoms with Gasteiger partial charge in [0.2, 0.25) is 0 Å². The minimum Gasteiger partial charge on any atom is -0.0765 e. The smallest absolute Gasteiger partial charge is 0.0765 e. The summed E-state index contributed by atoms with van der Waals surface area (Å²) in [6, 6.07) is 40.0. The number of rotatable bonds is 3. The van der Waals surface area contributed by atoms with Crippen LogP contribution >= 0.6 is 22.6 Å². The Morgan fingerprint density at radius 3 is 1.29 bits per heavy atom. The minimum absolute atomic E-state index is 0.535. The lowest BCUT2D eigenvalue weighted by molar-refractivity contribution is 0.809. The van der Waals surface area contributed by atoms with Crippen molar-refractivity contribution >= 4 is 22.6 Å². The fraction of sp³-hybridized carbons (Fsp3) is 0.0370. The van der Waals surface area contributed by atoms with Crippen LogP contribution in [0.25, 0.3) is 0 Å². The molecule has 28 heavy (non-hydrogen) atoms. The quantitative estimate of drug-likeness (QED) is 0.178. The second-order valence-electron chi connectivity index (χ2n) is 6.60. The molecule has 0 unspecified atom stereocenters. The highest BCUT2D eigenvalue weighted by Gasteiger charge is 2.34. The average molecular weight is 470 g/mol. The van der Waals surface area contributed by atoms with Gasteiger partial charge in [0.25, 0.3) is 0 Å². The Kier molecular flexibility index (Phi) is 5.60. The lowest BCUT2D eigenvalue weighted by Crippen LogP contribution is -2.27. The summed E-state index contributed by atoms with van der Waals surface area (Å²) in [5, 5.41) is 0. The maximum Gasteiger partial charge on any atom is 0.107 e. The Morgan fingerprint density at radius 1 is 0.500 bits per heavy atom. The van der Waals surface area contributed by atoms with E-state index in [0.29, 0.717) is 0 Å². The molecule has 0 N–H and O–H groups in total. The third kappa shape index (κ3) is 3.74. The van der Waals surface area contributed by atoms with Crippen molar-refractivity contribution in [1.29, 1.82) is 0 Å². The van der Waals surface area contributed by atoms with Crippen molar-refractivity contribution in [3.63, 3.8) is 0 Å². The van der Waals surface area contributed by atoms with Crippen LogP contribution in [0.1, 0.15) is 22.3 Å². The fourth-order valence-corrected chi connectivity index (χ4v) is 3.84. The molecular formula is C27H19I. The molecule has 4 rings (SSSR count). The highest BCUT2D eigenvalue weighted by Crippen LogP contribution is 2.38. The second kappa shape index (κ2) is 8.46. The molecular weight excluding hydrogens is 451 g/mol. The normalized spacial score (nSPS) is 10.8. The lowest BCUT2D eigenvalue weighted by Gasteiger charge is -2.31. The average Bonchev–Trinajstić information content (AvgIpc) is 2.78. The molecule has 0 aliphatic carbocycles. The van der Waals surface area contributed by atoms with Crippen LogP contribution < -0.4 is 0 Å². The first-order chi connectivity index (χ1) is 13.8. The summed E-state index contributed by atoms with van der Waals surface area (Å²) in [5.41, 5.74) is 4.00. The van der Waals surface area contributed by atoms with E-state index in [1.165, 1.54) is 20.3 Å². The summed E-state index contributed by atoms with van der Waals surface area (Å²) in [7, 11) is 0. The van der Waals surface area contributed by atoms with E-state index in [9.17, 15) is 0 Å². The summed E-state index contributed by atoms with van der Waals surface area (Å²) in [4.78, 5) is 0. The number of halogens is 1. The van der Waals surface area contributed by atoms with Gasteiger partial charge in [-0.2, -0.15) is 0 Å². The Balaban J connectivity index is 2.00. The molecule has 0 fully saturated rings. The van der Waals surface area contributed by atoms with Crippen molar-refractivity contribution in [2.75, 3.05) is 0 Å². The van der Waals surface area contributed by atoms with Gasteiger partial charge in [-0.1, -0.05) is 103 Å². The molecule has 0 radical (unpaired) electrons. The predicted molar refractivity (Wildman–Crippen MR) is 125 cm³/mol. The van der Waals surface area contributed by atoms with Gasteiger partial charge in [-0.25, -0.2) is 0 Å². The number of hydrogen-bond acceptors (Lipinski definition) is 0. The van der Waals surface area contributed by atoms with Crippen LogP contribution in [0.4, 0.5) is 0 Å². The standard InChI is InChI=1S/C27H19I/c28-26-18-16-22(17-19-26)20-21-27(23-10-4-1-5-11-23,24-12-6-2-7-13-24)25-14-8-3-9-15-25/h1-19H. The van der Waals surface area contributed by atoms with Gasteiger partial charge in [-0.3, -0.25) is 0 Å². The van der Waals surface area contributed by atoms with Crippen molar-refractivity contribution in [3.05, 3.63) is 141 Å². The summed E-state index contributed by atoms with van der Waals surface area (Å²) >= 11 is 2.32. The highest BCUT2D eigenvalue weighted by molar-refractivity contribution is 14.1. The second-order valence-corrected chi connectivity index (χ2v) is 7.85. The van der Waals surface area contributed by atoms with Crippen LogP contribution in [-0.2, 0) is 5.41 Å². The molecule has 0 saturated heterocycles. The summed E-state index contributed by atoms with van der Waals surface area (Å²) in [6.45, 7) is 0. The van der Waals surface area contributed by atoms with Gasteiger partial charge in [0.05, 0.1) is 0 Å². The fourth-order valence-electron chi connectivity index (χ4n) is 3.48. The highest BCUT2D eigenvalue weighted by atomic mass is 127. The topological polar surface area (TPSA) is 0 Å². The molecule has 1 heteroatoms. The molecule has 0 heterocycles. The van der Waals surface area contributed by atoms with E-state index in [2.05, 4.69) is 150 Å². The monoisotopic (exact) mass is 470 g/mol. The predicted octanol–water partition coefficient (Wildman–Crippen LogP) is 6.68. The van der Waals surface area contributed by atoms with Crippen molar-refractivity contribution in [3.8, 4) is 11.8 Å². The first-order valence-electron chi connectivity index (χ1n) is 9.24. The first-order valence-corrected chi connectivity index (χ1v) is 10.3. The van der Waals surface area contributed by atoms with E-state index in [-0.39, 0.29) is 0 Å². The largest absolute Gasteiger partial charge is 0.107 e. The van der Waals surface area contributed by atoms with Gasteiger partial charge in [0.15, 0.2) is 0 Å². The van der Waals surface area contributed by atoms with Gasteiger partial charge in [-0.15, -0.1) is 0 Å². The Labute approximate surface area is 180 Å². The van der Waals surface area contributed by atoms with Crippen LogP contribution in [0.5, 0.6) is 0 Å². The van der Waals surface area contributed by atoms with Crippen LogP contribution in [0.3, 0.4) is 0 Å². The maximum absolute atomic E-state index is 3.67. The number of hydrogen-bond donors (Lipinski definition) is 0. The van der Waals surface area contributed by atoms with Crippen LogP contribution in [-0.4, -0.2) is 0 Å². The van der Waals surface area contributed by atoms with Gasteiger partial charge >= 0.3 is 0 Å². The summed E-state index contributed by atoms with van der Waals surface area (Å²) in [5.74, 6) is 7.12. The van der Waals surface area contributed by atoms with Crippen molar-refractivity contribution in [1.82, 2.24) is 0 Å². The molecule has 0 aliphatic heterocycles. The molecule has 0 nitrogen and oxygen atoms in total. The SMILES string of the molecule is Ic1ccc(C#CC(c2ccccc2)(c2ccccc2)c2ccccc2)cc1. The van der Waals surface area contributed by atoms with Crippen LogP contribution in [0.2, 0.25) is 0 Å². The molecule has 0 aromatic heterocycles. The maximum atomic E-state index is 3.67. The van der Waals surface area contributed by atoms with Gasteiger partial charge in [0.1, 0.15) is 5.41 Å². The van der Waals surface area contributed by atoms with E-state index in [1.807, 2.05) is 0 Å². The van der Waals surface area contributed by atoms with Crippen molar-refractivity contribution in [2.24, 2.45) is 0 Å². The summed E-state index contributed by atoms with van der Waals surface area (Å²) in [6.07, 6.45) is 0. The van der Waals surface area contributed by atoms with E-state index in [1.54, 1.807) is 0 Å². The van der Waals surface area contributed by atoms with E-state index >= 15 is 0 Å². The lowest BCUT2D eigenvalue weighted by atomic mass is 9.70. The molecule has 0 aliphatic rings. The Bertz CT molecular complexity index is 990. The zero-order valence-electron chi connectivity index (χ0n) is 15.3. The molecule has 0 bridgehead atoms. The van der Waals surface area contributed by atoms with Gasteiger partial charge in [0, 0.05) is 9.13 Å². The van der Waals surface area contributed by atoms with Crippen molar-refractivity contribution in [2.45, 2.75) is 5.41 Å². The molecule has 134 valence electrons. The van der Waals surface area contributed by atoms with E-state index < -0.39 is 5.41 Å². The summed E-state index contributed by atoms with van der Waals surface area (Å²) < 4.78 is 1.21. The third-order valence-corrected chi connectivity index (χ3v) is 5.58. The number of benzene rings is 4. The van der Waals surface area contributed by atoms with Crippen LogP contribution in [0, 0.1) is 15.4 Å². The van der Waals surface area contributed by atoms with Gasteiger partial charge < -0.3 is 0 Å². The molecule has 0 amide bonds. The Morgan fingerprint density at radius 2 is 0.893 bits per heavy atom. The molecule has 4 aromatic carbocycles. The zero-order chi connectivity index (χ0) is 19.2. The molecule has 0 spiro atoms. The van der Waals surface area contributed by atoms with E-state index in [0.717, 1.165) is 5.56 Å². The minimum atomic E-state index is -0.535. The van der Waals surface area contributed by atoms with Crippen molar-refractivity contribution < 1.29 is 0 Å². The van der Waals surface area contributed by atoms with Gasteiger partial charge in [-0.05, 0) is 63.5 Å². The zero-order valence-corrected chi connectivity index (χ0v) is 17.5. The first kappa shape index (κ1) is 18.5. The van der Waals surface area contributed by atoms with Crippen LogP contribution in [0.15, 0.2) is 115 Å². The van der Waals surface area contributed by atoms with E-state index in [4.69, 9.17) is 0 Å². The molecule has 0 atom stereocenters. The Hall–Kier alpha value is -2.83. The third-order valence-electron chi connectivity index (χ3n) is 4.86. The molecule has 0 saturated carbocycles. The molecule has 4 aromatic rings.